The lowest BCUT2D eigenvalue weighted by atomic mass is 9.74. The topological polar surface area (TPSA) is 43.9 Å². The highest BCUT2D eigenvalue weighted by Gasteiger charge is 2.54. The van der Waals surface area contributed by atoms with Crippen LogP contribution in [0.25, 0.3) is 0 Å². The molecular weight excluding hydrogens is 406 g/mol. The highest BCUT2D eigenvalue weighted by Crippen LogP contribution is 2.48. The molecule has 1 spiro atoms. The van der Waals surface area contributed by atoms with Crippen molar-refractivity contribution in [3.8, 4) is 0 Å². The van der Waals surface area contributed by atoms with Gasteiger partial charge in [0.2, 0.25) is 5.78 Å². The van der Waals surface area contributed by atoms with Crippen LogP contribution in [0, 0.1) is 5.41 Å². The molecule has 2 saturated heterocycles. The predicted molar refractivity (Wildman–Crippen MR) is 124 cm³/mol. The number of amides is 1. The lowest BCUT2D eigenvalue weighted by Gasteiger charge is -2.39. The van der Waals surface area contributed by atoms with Crippen LogP contribution in [0.15, 0.2) is 70.6 Å². The van der Waals surface area contributed by atoms with Crippen molar-refractivity contribution in [1.29, 1.82) is 0 Å². The van der Waals surface area contributed by atoms with Crippen LogP contribution in [-0.4, -0.2) is 54.7 Å². The molecule has 2 fully saturated rings. The Balaban J connectivity index is 1.23. The molecule has 0 saturated carbocycles. The Morgan fingerprint density at radius 1 is 0.935 bits per heavy atom. The van der Waals surface area contributed by atoms with Gasteiger partial charge in [0.1, 0.15) is 0 Å². The first kappa shape index (κ1) is 20.3. The van der Waals surface area contributed by atoms with Crippen LogP contribution in [0.2, 0.25) is 0 Å². The molecule has 0 unspecified atom stereocenters. The van der Waals surface area contributed by atoms with E-state index in [2.05, 4.69) is 64.9 Å². The van der Waals surface area contributed by atoms with Crippen molar-refractivity contribution >= 4 is 34.8 Å². The second-order valence-corrected chi connectivity index (χ2v) is 9.69. The lowest BCUT2D eigenvalue weighted by molar-refractivity contribution is -0.142. The van der Waals surface area contributed by atoms with Crippen LogP contribution in [0.5, 0.6) is 0 Å². The molecule has 2 aromatic rings. The number of piperidine rings is 1. The average molecular weight is 434 g/mol. The molecule has 6 heteroatoms. The fourth-order valence-electron chi connectivity index (χ4n) is 5.08. The molecule has 3 aliphatic heterocycles. The zero-order valence-electron chi connectivity index (χ0n) is 17.8. The highest BCUT2D eigenvalue weighted by molar-refractivity contribution is 7.99. The summed E-state index contributed by atoms with van der Waals surface area (Å²) in [6.45, 7) is 7.65. The van der Waals surface area contributed by atoms with Crippen LogP contribution in [-0.2, 0) is 9.59 Å². The summed E-state index contributed by atoms with van der Waals surface area (Å²) in [5, 5.41) is 0. The van der Waals surface area contributed by atoms with Gasteiger partial charge in [0.15, 0.2) is 0 Å². The van der Waals surface area contributed by atoms with Crippen molar-refractivity contribution in [3.05, 3.63) is 60.8 Å². The number of hydrogen-bond acceptors (Lipinski definition) is 5. The largest absolute Gasteiger partial charge is 0.340 e. The summed E-state index contributed by atoms with van der Waals surface area (Å²) < 4.78 is 0. The normalized spacial score (nSPS) is 20.4. The van der Waals surface area contributed by atoms with E-state index in [9.17, 15) is 9.59 Å². The molecule has 31 heavy (non-hydrogen) atoms. The minimum atomic E-state index is -0.662. The first-order chi connectivity index (χ1) is 15.0. The number of Topliss-reactive ketones (excluding diaryl/α,β-unsaturated/α-hetero) is 1. The fraction of sp³-hybridized carbons (Fsp3) is 0.360. The smallest absolute Gasteiger partial charge is 0.294 e. The van der Waals surface area contributed by atoms with Gasteiger partial charge in [-0.1, -0.05) is 42.6 Å². The Labute approximate surface area is 187 Å². The molecule has 3 heterocycles. The molecule has 5 rings (SSSR count). The molecule has 1 amide bonds. The summed E-state index contributed by atoms with van der Waals surface area (Å²) in [6.07, 6.45) is 2.41. The first-order valence-corrected chi connectivity index (χ1v) is 11.7. The van der Waals surface area contributed by atoms with E-state index >= 15 is 0 Å². The Morgan fingerprint density at radius 2 is 1.52 bits per heavy atom. The van der Waals surface area contributed by atoms with E-state index in [1.54, 1.807) is 7.05 Å². The van der Waals surface area contributed by atoms with Crippen LogP contribution in [0.1, 0.15) is 19.3 Å². The maximum absolute atomic E-state index is 12.6. The zero-order valence-corrected chi connectivity index (χ0v) is 18.7. The number of allylic oxidation sites excluding steroid dienone is 1. The van der Waals surface area contributed by atoms with Gasteiger partial charge in [0.05, 0.1) is 16.8 Å². The minimum absolute atomic E-state index is 0.265. The van der Waals surface area contributed by atoms with E-state index in [0.29, 0.717) is 18.5 Å². The van der Waals surface area contributed by atoms with E-state index in [4.69, 9.17) is 0 Å². The van der Waals surface area contributed by atoms with Crippen LogP contribution >= 0.6 is 11.8 Å². The molecule has 5 nitrogen and oxygen atoms in total. The maximum atomic E-state index is 12.6. The summed E-state index contributed by atoms with van der Waals surface area (Å²) in [4.78, 5) is 33.6. The second-order valence-electron chi connectivity index (χ2n) is 8.61. The van der Waals surface area contributed by atoms with E-state index < -0.39 is 11.3 Å². The summed E-state index contributed by atoms with van der Waals surface area (Å²) in [6, 6.07) is 17.2. The number of ketones is 1. The molecule has 0 N–H and O–H groups in total. The monoisotopic (exact) mass is 433 g/mol. The van der Waals surface area contributed by atoms with Crippen molar-refractivity contribution in [1.82, 2.24) is 9.80 Å². The minimum Gasteiger partial charge on any atom is -0.340 e. The van der Waals surface area contributed by atoms with Crippen molar-refractivity contribution in [2.45, 2.75) is 29.1 Å². The molecule has 2 aromatic carbocycles. The SMILES string of the molecule is C=C1N(C)C(=O)C(=O)C12CCN(CCCN1c3ccccc3Sc3ccccc31)CC2. The Morgan fingerprint density at radius 3 is 2.06 bits per heavy atom. The molecule has 0 radical (unpaired) electrons. The first-order valence-electron chi connectivity index (χ1n) is 10.9. The molecular formula is C25H27N3O2S. The number of hydrogen-bond donors (Lipinski definition) is 0. The van der Waals surface area contributed by atoms with Gasteiger partial charge >= 0.3 is 0 Å². The van der Waals surface area contributed by atoms with Gasteiger partial charge in [-0.15, -0.1) is 0 Å². The van der Waals surface area contributed by atoms with Gasteiger partial charge in [-0.2, -0.15) is 0 Å². The second kappa shape index (κ2) is 7.84. The third-order valence-electron chi connectivity index (χ3n) is 6.99. The molecule has 3 aliphatic rings. The van der Waals surface area contributed by atoms with Crippen LogP contribution < -0.4 is 4.90 Å². The quantitative estimate of drug-likeness (QED) is 0.672. The molecule has 0 aromatic heterocycles. The molecule has 160 valence electrons. The van der Waals surface area contributed by atoms with Crippen molar-refractivity contribution in [3.63, 3.8) is 0 Å². The molecule has 0 atom stereocenters. The number of carbonyl (C=O) groups excluding carboxylic acids is 2. The predicted octanol–water partition coefficient (Wildman–Crippen LogP) is 4.32. The standard InChI is InChI=1S/C25H27N3O2S/c1-18-25(23(29)24(30)26(18)2)12-16-27(17-13-25)14-7-15-28-19-8-3-5-10-21(19)31-22-11-6-4-9-20(22)28/h3-6,8-11H,1,7,12-17H2,2H3. The third-order valence-corrected chi connectivity index (χ3v) is 8.12. The third kappa shape index (κ3) is 3.29. The van der Waals surface area contributed by atoms with Gasteiger partial charge in [0.25, 0.3) is 5.91 Å². The number of fused-ring (bicyclic) bond motifs is 2. The van der Waals surface area contributed by atoms with Gasteiger partial charge < -0.3 is 14.7 Å². The molecule has 0 aliphatic carbocycles. The van der Waals surface area contributed by atoms with E-state index in [1.165, 1.54) is 26.1 Å². The van der Waals surface area contributed by atoms with E-state index in [-0.39, 0.29) is 5.78 Å². The number of rotatable bonds is 4. The fourth-order valence-corrected chi connectivity index (χ4v) is 6.18. The van der Waals surface area contributed by atoms with Gasteiger partial charge in [-0.25, -0.2) is 0 Å². The number of benzene rings is 2. The van der Waals surface area contributed by atoms with E-state index in [0.717, 1.165) is 32.6 Å². The maximum Gasteiger partial charge on any atom is 0.294 e. The summed E-state index contributed by atoms with van der Waals surface area (Å²) in [5.74, 6) is -0.669. The highest BCUT2D eigenvalue weighted by atomic mass is 32.2. The Hall–Kier alpha value is -2.57. The zero-order chi connectivity index (χ0) is 21.6. The number of anilines is 2. The van der Waals surface area contributed by atoms with Crippen LogP contribution in [0.3, 0.4) is 0 Å². The number of likely N-dealkylation sites (N-methyl/N-ethyl adjacent to an activating group) is 1. The van der Waals surface area contributed by atoms with Gasteiger partial charge in [-0.3, -0.25) is 9.59 Å². The summed E-state index contributed by atoms with van der Waals surface area (Å²) in [7, 11) is 1.66. The average Bonchev–Trinajstić information content (AvgIpc) is 2.96. The number of nitrogens with zero attached hydrogens (tertiary/aromatic N) is 3. The summed E-state index contributed by atoms with van der Waals surface area (Å²) >= 11 is 1.84. The van der Waals surface area contributed by atoms with Gasteiger partial charge in [0, 0.05) is 29.1 Å². The number of carbonyl (C=O) groups is 2. The van der Waals surface area contributed by atoms with Crippen molar-refractivity contribution in [2.24, 2.45) is 5.41 Å². The van der Waals surface area contributed by atoms with Crippen molar-refractivity contribution < 1.29 is 9.59 Å². The Bertz CT molecular complexity index is 1010. The lowest BCUT2D eigenvalue weighted by Crippen LogP contribution is -2.44. The number of likely N-dealkylation sites (tertiary alicyclic amines) is 2. The van der Waals surface area contributed by atoms with Crippen molar-refractivity contribution in [2.75, 3.05) is 38.1 Å². The number of para-hydroxylation sites is 2. The Kier molecular flexibility index (Phi) is 5.15. The molecule has 0 bridgehead atoms. The van der Waals surface area contributed by atoms with Crippen LogP contribution in [0.4, 0.5) is 11.4 Å². The van der Waals surface area contributed by atoms with Gasteiger partial charge in [-0.05, 0) is 63.2 Å². The summed E-state index contributed by atoms with van der Waals surface area (Å²) in [5.41, 5.74) is 2.57. The van der Waals surface area contributed by atoms with E-state index in [1.807, 2.05) is 11.8 Å².